The van der Waals surface area contributed by atoms with Gasteiger partial charge in [0.1, 0.15) is 0 Å². The van der Waals surface area contributed by atoms with Gasteiger partial charge in [-0.1, -0.05) is 54.6 Å². The van der Waals surface area contributed by atoms with Crippen molar-refractivity contribution in [1.82, 2.24) is 19.4 Å². The molecule has 0 unspecified atom stereocenters. The predicted molar refractivity (Wildman–Crippen MR) is 142 cm³/mol. The fraction of sp³-hybridized carbons (Fsp3) is 0.321. The van der Waals surface area contributed by atoms with Crippen LogP contribution in [0, 0.1) is 0 Å². The van der Waals surface area contributed by atoms with Crippen LogP contribution in [0.2, 0.25) is 0 Å². The highest BCUT2D eigenvalue weighted by Gasteiger charge is 2.38. The first-order chi connectivity index (χ1) is 18.0. The lowest BCUT2D eigenvalue weighted by molar-refractivity contribution is 0.0691. The van der Waals surface area contributed by atoms with Crippen molar-refractivity contribution in [3.63, 3.8) is 0 Å². The molecular formula is C28H29N5O3S. The van der Waals surface area contributed by atoms with E-state index in [2.05, 4.69) is 51.5 Å². The lowest BCUT2D eigenvalue weighted by Crippen LogP contribution is -2.50. The molecule has 8 nitrogen and oxygen atoms in total. The fourth-order valence-electron chi connectivity index (χ4n) is 5.65. The highest BCUT2D eigenvalue weighted by Crippen LogP contribution is 2.44. The molecule has 2 aromatic carbocycles. The summed E-state index contributed by atoms with van der Waals surface area (Å²) in [6.07, 6.45) is 6.62. The molecule has 190 valence electrons. The van der Waals surface area contributed by atoms with Gasteiger partial charge in [0.05, 0.1) is 4.90 Å². The van der Waals surface area contributed by atoms with Gasteiger partial charge in [-0.2, -0.15) is 4.31 Å². The maximum atomic E-state index is 13.0. The number of rotatable bonds is 4. The first-order valence-corrected chi connectivity index (χ1v) is 14.1. The molecule has 0 bridgehead atoms. The molecule has 37 heavy (non-hydrogen) atoms. The Hall–Kier alpha value is -3.56. The van der Waals surface area contributed by atoms with Crippen LogP contribution in [0.5, 0.6) is 0 Å². The summed E-state index contributed by atoms with van der Waals surface area (Å²) in [5.41, 5.74) is 3.12. The molecule has 0 N–H and O–H groups in total. The van der Waals surface area contributed by atoms with Crippen LogP contribution in [0.3, 0.4) is 0 Å². The number of carbonyl (C=O) groups is 1. The number of benzene rings is 2. The Morgan fingerprint density at radius 2 is 1.49 bits per heavy atom. The second-order valence-electron chi connectivity index (χ2n) is 9.85. The summed E-state index contributed by atoms with van der Waals surface area (Å²) in [4.78, 5) is 17.2. The number of anilines is 1. The maximum absolute atomic E-state index is 13.0. The minimum atomic E-state index is -3.56. The Morgan fingerprint density at radius 3 is 2.19 bits per heavy atom. The lowest BCUT2D eigenvalue weighted by atomic mass is 9.74. The standard InChI is InChI=1S/C28H29N5O3S/c34-27(32-18-20-33(21-19-32)37(35,36)23-7-2-1-3-8-23)25-10-11-26(30-29-25)31-16-14-28(15-17-31)13-12-22-6-4-5-9-24(22)28/h1-13H,14-21H2. The second kappa shape index (κ2) is 9.39. The predicted octanol–water partition coefficient (Wildman–Crippen LogP) is 3.19. The fourth-order valence-corrected chi connectivity index (χ4v) is 7.09. The van der Waals surface area contributed by atoms with E-state index in [0.717, 1.165) is 31.7 Å². The highest BCUT2D eigenvalue weighted by molar-refractivity contribution is 7.89. The molecule has 3 aromatic rings. The second-order valence-corrected chi connectivity index (χ2v) is 11.8. The number of piperidine rings is 1. The average Bonchev–Trinajstić information content (AvgIpc) is 3.31. The van der Waals surface area contributed by atoms with Gasteiger partial charge in [0, 0.05) is 44.7 Å². The normalized spacial score (nSPS) is 19.2. The highest BCUT2D eigenvalue weighted by atomic mass is 32.2. The van der Waals surface area contributed by atoms with E-state index in [9.17, 15) is 13.2 Å². The van der Waals surface area contributed by atoms with Crippen molar-refractivity contribution in [3.8, 4) is 0 Å². The zero-order chi connectivity index (χ0) is 25.5. The molecule has 1 spiro atoms. The molecule has 1 aliphatic carbocycles. The molecule has 3 heterocycles. The van der Waals surface area contributed by atoms with Gasteiger partial charge >= 0.3 is 0 Å². The van der Waals surface area contributed by atoms with Gasteiger partial charge < -0.3 is 9.80 Å². The van der Waals surface area contributed by atoms with Crippen molar-refractivity contribution in [2.75, 3.05) is 44.2 Å². The summed E-state index contributed by atoms with van der Waals surface area (Å²) in [6.45, 7) is 2.88. The van der Waals surface area contributed by atoms with Gasteiger partial charge in [-0.15, -0.1) is 10.2 Å². The molecule has 6 rings (SSSR count). The summed E-state index contributed by atoms with van der Waals surface area (Å²) in [6, 6.07) is 20.6. The zero-order valence-corrected chi connectivity index (χ0v) is 21.3. The molecule has 1 aromatic heterocycles. The number of carbonyl (C=O) groups excluding carboxylic acids is 1. The van der Waals surface area contributed by atoms with E-state index < -0.39 is 10.0 Å². The molecule has 2 saturated heterocycles. The van der Waals surface area contributed by atoms with Gasteiger partial charge in [-0.3, -0.25) is 4.79 Å². The van der Waals surface area contributed by atoms with Crippen LogP contribution in [-0.2, 0) is 15.4 Å². The number of piperazine rings is 1. The number of sulfonamides is 1. The van der Waals surface area contributed by atoms with Crippen LogP contribution < -0.4 is 4.90 Å². The summed E-state index contributed by atoms with van der Waals surface area (Å²) in [5.74, 6) is 0.557. The first-order valence-electron chi connectivity index (χ1n) is 12.7. The van der Waals surface area contributed by atoms with E-state index in [4.69, 9.17) is 0 Å². The first kappa shape index (κ1) is 23.8. The van der Waals surface area contributed by atoms with Gasteiger partial charge in [0.25, 0.3) is 5.91 Å². The zero-order valence-electron chi connectivity index (χ0n) is 20.5. The molecule has 0 radical (unpaired) electrons. The van der Waals surface area contributed by atoms with Gasteiger partial charge in [0.2, 0.25) is 10.0 Å². The largest absolute Gasteiger partial charge is 0.355 e. The lowest BCUT2D eigenvalue weighted by Gasteiger charge is -2.39. The summed E-state index contributed by atoms with van der Waals surface area (Å²) < 4.78 is 27.1. The van der Waals surface area contributed by atoms with Crippen molar-refractivity contribution in [2.24, 2.45) is 0 Å². The maximum Gasteiger partial charge on any atom is 0.274 e. The number of fused-ring (bicyclic) bond motifs is 2. The van der Waals surface area contributed by atoms with Gasteiger partial charge in [-0.05, 0) is 48.2 Å². The number of hydrogen-bond acceptors (Lipinski definition) is 6. The van der Waals surface area contributed by atoms with Crippen LogP contribution in [0.4, 0.5) is 5.82 Å². The van der Waals surface area contributed by atoms with Gasteiger partial charge in [0.15, 0.2) is 11.5 Å². The SMILES string of the molecule is O=C(c1ccc(N2CCC3(C=Cc4ccccc43)CC2)nn1)N1CCN(S(=O)(=O)c2ccccc2)CC1. The summed E-state index contributed by atoms with van der Waals surface area (Å²) >= 11 is 0. The molecule has 0 atom stereocenters. The topological polar surface area (TPSA) is 86.7 Å². The summed E-state index contributed by atoms with van der Waals surface area (Å²) in [5, 5.41) is 8.62. The van der Waals surface area contributed by atoms with Crippen LogP contribution in [0.25, 0.3) is 6.08 Å². The van der Waals surface area contributed by atoms with Crippen LogP contribution >= 0.6 is 0 Å². The van der Waals surface area contributed by atoms with E-state index in [1.807, 2.05) is 6.07 Å². The minimum absolute atomic E-state index is 0.104. The van der Waals surface area contributed by atoms with Gasteiger partial charge in [-0.25, -0.2) is 8.42 Å². The Kier molecular flexibility index (Phi) is 6.04. The third kappa shape index (κ3) is 4.32. The molecule has 3 aliphatic rings. The van der Waals surface area contributed by atoms with E-state index in [0.29, 0.717) is 13.1 Å². The average molecular weight is 516 g/mol. The van der Waals surface area contributed by atoms with Crippen LogP contribution in [-0.4, -0.2) is 73.0 Å². The van der Waals surface area contributed by atoms with E-state index in [1.54, 1.807) is 41.3 Å². The van der Waals surface area contributed by atoms with Crippen molar-refractivity contribution in [1.29, 1.82) is 0 Å². The van der Waals surface area contributed by atoms with Crippen molar-refractivity contribution in [3.05, 3.63) is 89.6 Å². The van der Waals surface area contributed by atoms with Crippen molar-refractivity contribution in [2.45, 2.75) is 23.2 Å². The monoisotopic (exact) mass is 515 g/mol. The third-order valence-electron chi connectivity index (χ3n) is 7.84. The molecule has 1 amide bonds. The van der Waals surface area contributed by atoms with Crippen molar-refractivity contribution < 1.29 is 13.2 Å². The third-order valence-corrected chi connectivity index (χ3v) is 9.75. The Morgan fingerprint density at radius 1 is 0.784 bits per heavy atom. The number of nitrogens with zero attached hydrogens (tertiary/aromatic N) is 5. The molecule has 2 aliphatic heterocycles. The minimum Gasteiger partial charge on any atom is -0.355 e. The number of aromatic nitrogens is 2. The molecule has 0 saturated carbocycles. The van der Waals surface area contributed by atoms with E-state index in [1.165, 1.54) is 15.4 Å². The smallest absolute Gasteiger partial charge is 0.274 e. The quantitative estimate of drug-likeness (QED) is 0.531. The number of allylic oxidation sites excluding steroid dienone is 1. The summed E-state index contributed by atoms with van der Waals surface area (Å²) in [7, 11) is -3.56. The van der Waals surface area contributed by atoms with E-state index >= 15 is 0 Å². The Bertz CT molecular complexity index is 1420. The van der Waals surface area contributed by atoms with Crippen LogP contribution in [0.15, 0.2) is 77.7 Å². The Labute approximate surface area is 217 Å². The molecular weight excluding hydrogens is 486 g/mol. The molecule has 9 heteroatoms. The number of amides is 1. The molecule has 2 fully saturated rings. The number of hydrogen-bond donors (Lipinski definition) is 0. The van der Waals surface area contributed by atoms with E-state index in [-0.39, 0.29) is 35.0 Å². The van der Waals surface area contributed by atoms with Crippen LogP contribution in [0.1, 0.15) is 34.5 Å². The van der Waals surface area contributed by atoms with Crippen molar-refractivity contribution >= 4 is 27.8 Å². The Balaban J connectivity index is 1.06.